The predicted molar refractivity (Wildman–Crippen MR) is 110 cm³/mol. The first-order chi connectivity index (χ1) is 14.2. The average molecular weight is 388 g/mol. The van der Waals surface area contributed by atoms with Gasteiger partial charge in [0.15, 0.2) is 11.5 Å². The van der Waals surface area contributed by atoms with Gasteiger partial charge in [0.2, 0.25) is 6.79 Å². The van der Waals surface area contributed by atoms with E-state index in [9.17, 15) is 4.79 Å². The Balaban J connectivity index is 1.30. The maximum atomic E-state index is 12.2. The number of fused-ring (bicyclic) bond motifs is 1. The number of benzene rings is 3. The molecule has 0 fully saturated rings. The minimum Gasteiger partial charge on any atom is -0.489 e. The third-order valence-corrected chi connectivity index (χ3v) is 4.42. The van der Waals surface area contributed by atoms with Crippen LogP contribution in [0, 0.1) is 6.92 Å². The molecule has 6 nitrogen and oxygen atoms in total. The molecule has 1 aliphatic heterocycles. The van der Waals surface area contributed by atoms with Gasteiger partial charge in [-0.15, -0.1) is 0 Å². The number of ether oxygens (including phenoxy) is 3. The second-order valence-corrected chi connectivity index (χ2v) is 6.61. The van der Waals surface area contributed by atoms with E-state index in [1.165, 1.54) is 5.56 Å². The van der Waals surface area contributed by atoms with Crippen LogP contribution >= 0.6 is 0 Å². The molecule has 0 aromatic heterocycles. The van der Waals surface area contributed by atoms with Crippen molar-refractivity contribution in [3.8, 4) is 17.2 Å². The second-order valence-electron chi connectivity index (χ2n) is 6.61. The number of hydrazone groups is 1. The summed E-state index contributed by atoms with van der Waals surface area (Å²) in [6.45, 7) is 2.75. The van der Waals surface area contributed by atoms with Crippen molar-refractivity contribution in [2.45, 2.75) is 13.5 Å². The minimum absolute atomic E-state index is 0.220. The van der Waals surface area contributed by atoms with E-state index in [1.807, 2.05) is 25.1 Å². The molecule has 0 aliphatic carbocycles. The van der Waals surface area contributed by atoms with E-state index < -0.39 is 0 Å². The van der Waals surface area contributed by atoms with Crippen molar-refractivity contribution in [3.05, 3.63) is 89.0 Å². The van der Waals surface area contributed by atoms with Crippen molar-refractivity contribution < 1.29 is 19.0 Å². The van der Waals surface area contributed by atoms with Crippen molar-refractivity contribution in [1.82, 2.24) is 5.43 Å². The first-order valence-corrected chi connectivity index (χ1v) is 9.19. The molecule has 146 valence electrons. The maximum Gasteiger partial charge on any atom is 0.271 e. The molecule has 0 unspecified atom stereocenters. The van der Waals surface area contributed by atoms with Gasteiger partial charge in [-0.2, -0.15) is 5.10 Å². The summed E-state index contributed by atoms with van der Waals surface area (Å²) in [6.07, 6.45) is 1.55. The standard InChI is InChI=1S/C23H20N2O4/c1-16-2-4-17(5-3-16)14-27-20-9-7-19(8-10-20)23(26)25-24-13-18-6-11-21-22(12-18)29-15-28-21/h2-13H,14-15H2,1H3,(H,25,26). The number of hydrogen-bond donors (Lipinski definition) is 1. The third-order valence-electron chi connectivity index (χ3n) is 4.42. The van der Waals surface area contributed by atoms with E-state index in [-0.39, 0.29) is 12.7 Å². The fourth-order valence-corrected chi connectivity index (χ4v) is 2.78. The molecule has 29 heavy (non-hydrogen) atoms. The summed E-state index contributed by atoms with van der Waals surface area (Å²) in [6, 6.07) is 20.6. The van der Waals surface area contributed by atoms with Crippen LogP contribution in [0.25, 0.3) is 0 Å². The van der Waals surface area contributed by atoms with E-state index >= 15 is 0 Å². The van der Waals surface area contributed by atoms with Gasteiger partial charge in [0, 0.05) is 5.56 Å². The zero-order valence-corrected chi connectivity index (χ0v) is 15.9. The zero-order chi connectivity index (χ0) is 20.1. The SMILES string of the molecule is Cc1ccc(COc2ccc(C(=O)NN=Cc3ccc4c(c3)OCO4)cc2)cc1. The Morgan fingerprint density at radius 2 is 1.79 bits per heavy atom. The van der Waals surface area contributed by atoms with Gasteiger partial charge in [-0.05, 0) is 60.5 Å². The molecule has 0 radical (unpaired) electrons. The van der Waals surface area contributed by atoms with E-state index in [0.29, 0.717) is 29.4 Å². The first kappa shape index (κ1) is 18.6. The number of hydrogen-bond acceptors (Lipinski definition) is 5. The van der Waals surface area contributed by atoms with E-state index in [4.69, 9.17) is 14.2 Å². The van der Waals surface area contributed by atoms with Crippen molar-refractivity contribution in [2.75, 3.05) is 6.79 Å². The Morgan fingerprint density at radius 3 is 2.59 bits per heavy atom. The molecule has 0 atom stereocenters. The molecule has 0 saturated carbocycles. The van der Waals surface area contributed by atoms with Crippen molar-refractivity contribution in [3.63, 3.8) is 0 Å². The van der Waals surface area contributed by atoms with Crippen LogP contribution < -0.4 is 19.6 Å². The van der Waals surface area contributed by atoms with Crippen LogP contribution in [0.3, 0.4) is 0 Å². The molecule has 1 aliphatic rings. The van der Waals surface area contributed by atoms with Crippen LogP contribution in [0.2, 0.25) is 0 Å². The van der Waals surface area contributed by atoms with Gasteiger partial charge >= 0.3 is 0 Å². The van der Waals surface area contributed by atoms with Gasteiger partial charge in [0.1, 0.15) is 12.4 Å². The van der Waals surface area contributed by atoms with Crippen LogP contribution in [0.5, 0.6) is 17.2 Å². The highest BCUT2D eigenvalue weighted by Crippen LogP contribution is 2.31. The summed E-state index contributed by atoms with van der Waals surface area (Å²) in [5.74, 6) is 1.77. The van der Waals surface area contributed by atoms with E-state index in [0.717, 1.165) is 11.1 Å². The molecule has 0 bridgehead atoms. The molecule has 1 heterocycles. The smallest absolute Gasteiger partial charge is 0.271 e. The molecule has 3 aromatic rings. The van der Waals surface area contributed by atoms with E-state index in [1.54, 1.807) is 42.6 Å². The third kappa shape index (κ3) is 4.73. The van der Waals surface area contributed by atoms with Crippen LogP contribution in [0.15, 0.2) is 71.8 Å². The highest BCUT2D eigenvalue weighted by atomic mass is 16.7. The van der Waals surface area contributed by atoms with Gasteiger partial charge in [-0.1, -0.05) is 29.8 Å². The summed E-state index contributed by atoms with van der Waals surface area (Å²) >= 11 is 0. The molecule has 3 aromatic carbocycles. The first-order valence-electron chi connectivity index (χ1n) is 9.19. The van der Waals surface area contributed by atoms with Crippen molar-refractivity contribution in [1.29, 1.82) is 0 Å². The highest BCUT2D eigenvalue weighted by Gasteiger charge is 2.12. The number of nitrogens with zero attached hydrogens (tertiary/aromatic N) is 1. The van der Waals surface area contributed by atoms with E-state index in [2.05, 4.69) is 22.7 Å². The molecule has 4 rings (SSSR count). The number of carbonyl (C=O) groups is 1. The van der Waals surface area contributed by atoms with Crippen molar-refractivity contribution >= 4 is 12.1 Å². The van der Waals surface area contributed by atoms with Crippen LogP contribution in [0.1, 0.15) is 27.0 Å². The van der Waals surface area contributed by atoms with Gasteiger partial charge in [-0.25, -0.2) is 5.43 Å². The van der Waals surface area contributed by atoms with Crippen LogP contribution in [-0.4, -0.2) is 18.9 Å². The number of amides is 1. The number of carbonyl (C=O) groups excluding carboxylic acids is 1. The van der Waals surface area contributed by atoms with Gasteiger partial charge < -0.3 is 14.2 Å². The Morgan fingerprint density at radius 1 is 1.03 bits per heavy atom. The molecular formula is C23H20N2O4. The Labute approximate surface area is 168 Å². The number of rotatable bonds is 6. The van der Waals surface area contributed by atoms with Gasteiger partial charge in [0.05, 0.1) is 6.21 Å². The fraction of sp³-hybridized carbons (Fsp3) is 0.130. The minimum atomic E-state index is -0.299. The summed E-state index contributed by atoms with van der Waals surface area (Å²) in [7, 11) is 0. The second kappa shape index (κ2) is 8.48. The molecular weight excluding hydrogens is 368 g/mol. The summed E-state index contributed by atoms with van der Waals surface area (Å²) in [5, 5.41) is 4.00. The van der Waals surface area contributed by atoms with Crippen molar-refractivity contribution in [2.24, 2.45) is 5.10 Å². The largest absolute Gasteiger partial charge is 0.489 e. The number of nitrogens with one attached hydrogen (secondary N) is 1. The maximum absolute atomic E-state index is 12.2. The normalized spacial score (nSPS) is 12.2. The summed E-state index contributed by atoms with van der Waals surface area (Å²) in [4.78, 5) is 12.2. The lowest BCUT2D eigenvalue weighted by atomic mass is 10.2. The Kier molecular flexibility index (Phi) is 5.42. The molecule has 6 heteroatoms. The van der Waals surface area contributed by atoms with Gasteiger partial charge in [0.25, 0.3) is 5.91 Å². The molecule has 1 amide bonds. The molecule has 1 N–H and O–H groups in total. The lowest BCUT2D eigenvalue weighted by molar-refractivity contribution is 0.0955. The lowest BCUT2D eigenvalue weighted by Gasteiger charge is -2.07. The fourth-order valence-electron chi connectivity index (χ4n) is 2.78. The zero-order valence-electron chi connectivity index (χ0n) is 15.9. The average Bonchev–Trinajstić information content (AvgIpc) is 3.21. The molecule has 0 saturated heterocycles. The number of aryl methyl sites for hydroxylation is 1. The summed E-state index contributed by atoms with van der Waals surface area (Å²) < 4.78 is 16.3. The lowest BCUT2D eigenvalue weighted by Crippen LogP contribution is -2.17. The topological polar surface area (TPSA) is 69.2 Å². The quantitative estimate of drug-likeness (QED) is 0.511. The molecule has 0 spiro atoms. The van der Waals surface area contributed by atoms with Gasteiger partial charge in [-0.3, -0.25) is 4.79 Å². The Hall–Kier alpha value is -3.80. The Bertz CT molecular complexity index is 1030. The predicted octanol–water partition coefficient (Wildman–Crippen LogP) is 4.07. The van der Waals surface area contributed by atoms with Crippen LogP contribution in [-0.2, 0) is 6.61 Å². The highest BCUT2D eigenvalue weighted by molar-refractivity contribution is 5.95. The summed E-state index contributed by atoms with van der Waals surface area (Å²) in [5.41, 5.74) is 6.12. The van der Waals surface area contributed by atoms with Crippen LogP contribution in [0.4, 0.5) is 0 Å². The monoisotopic (exact) mass is 388 g/mol.